The van der Waals surface area contributed by atoms with E-state index in [9.17, 15) is 0 Å². The Morgan fingerprint density at radius 2 is 0.500 bits per heavy atom. The van der Waals surface area contributed by atoms with Crippen LogP contribution in [0.5, 0.6) is 0 Å². The summed E-state index contributed by atoms with van der Waals surface area (Å²) in [5.74, 6) is 0. The number of hydrogen-bond acceptors (Lipinski definition) is 2. The van der Waals surface area contributed by atoms with E-state index in [4.69, 9.17) is 11.5 Å². The van der Waals surface area contributed by atoms with Crippen LogP contribution in [0.1, 0.15) is 22.3 Å². The van der Waals surface area contributed by atoms with E-state index < -0.39 is 0 Å². The van der Waals surface area contributed by atoms with Crippen LogP contribution in [-0.4, -0.2) is 0 Å². The lowest BCUT2D eigenvalue weighted by molar-refractivity contribution is 1.19. The smallest absolute Gasteiger partial charge is 0.0314 e. The highest BCUT2D eigenvalue weighted by Gasteiger charge is 2.03. The molecule has 5 aromatic carbocycles. The molecule has 0 saturated carbocycles. The first-order chi connectivity index (χ1) is 16.6. The molecular weight excluding hydrogens is 412 g/mol. The molecule has 2 nitrogen and oxygen atoms in total. The Kier molecular flexibility index (Phi) is 6.13. The van der Waals surface area contributed by atoms with E-state index in [1.54, 1.807) is 0 Å². The van der Waals surface area contributed by atoms with Crippen LogP contribution in [-0.2, 0) is 12.8 Å². The normalized spacial score (nSPS) is 10.8. The molecule has 0 aliphatic carbocycles. The van der Waals surface area contributed by atoms with Crippen molar-refractivity contribution < 1.29 is 0 Å². The minimum absolute atomic E-state index is 0.802. The number of hydrogen-bond donors (Lipinski definition) is 2. The van der Waals surface area contributed by atoms with Gasteiger partial charge < -0.3 is 11.5 Å². The van der Waals surface area contributed by atoms with Crippen LogP contribution in [0, 0.1) is 0 Å². The number of benzene rings is 5. The Morgan fingerprint density at radius 1 is 0.294 bits per heavy atom. The Bertz CT molecular complexity index is 1240. The molecule has 4 N–H and O–H groups in total. The van der Waals surface area contributed by atoms with E-state index in [-0.39, 0.29) is 0 Å². The maximum absolute atomic E-state index is 5.79. The molecule has 0 aliphatic heterocycles. The summed E-state index contributed by atoms with van der Waals surface area (Å²) >= 11 is 0. The van der Waals surface area contributed by atoms with Gasteiger partial charge in [-0.3, -0.25) is 0 Å². The molecule has 34 heavy (non-hydrogen) atoms. The fraction of sp³-hybridized carbons (Fsp3) is 0.0625. The molecule has 5 aromatic rings. The number of rotatable bonds is 6. The molecule has 0 amide bonds. The SMILES string of the molecule is Nc1ccc(Cc2ccc(-c3ccc(-c4ccc(Cc5ccc(N)cc5)cc4)cc3)cc2)cc1. The fourth-order valence-electron chi connectivity index (χ4n) is 4.23. The average Bonchev–Trinajstić information content (AvgIpc) is 2.88. The predicted octanol–water partition coefficient (Wildman–Crippen LogP) is 7.37. The van der Waals surface area contributed by atoms with Gasteiger partial charge in [0, 0.05) is 11.4 Å². The molecule has 166 valence electrons. The zero-order valence-corrected chi connectivity index (χ0v) is 19.1. The van der Waals surface area contributed by atoms with Crippen LogP contribution in [0.3, 0.4) is 0 Å². The molecule has 0 unspecified atom stereocenters. The van der Waals surface area contributed by atoms with Crippen molar-refractivity contribution in [1.29, 1.82) is 0 Å². The molecular formula is C32H28N2. The summed E-state index contributed by atoms with van der Waals surface area (Å²) in [5.41, 5.74) is 23.2. The topological polar surface area (TPSA) is 52.0 Å². The first kappa shape index (κ1) is 21.5. The molecule has 0 bridgehead atoms. The predicted molar refractivity (Wildman–Crippen MR) is 145 cm³/mol. The summed E-state index contributed by atoms with van der Waals surface area (Å²) in [6.07, 6.45) is 1.82. The highest BCUT2D eigenvalue weighted by atomic mass is 14.5. The van der Waals surface area contributed by atoms with E-state index in [1.165, 1.54) is 44.5 Å². The van der Waals surface area contributed by atoms with Crippen molar-refractivity contribution in [3.05, 3.63) is 144 Å². The first-order valence-electron chi connectivity index (χ1n) is 11.6. The quantitative estimate of drug-likeness (QED) is 0.271. The van der Waals surface area contributed by atoms with Gasteiger partial charge in [-0.05, 0) is 81.6 Å². The monoisotopic (exact) mass is 440 g/mol. The number of nitrogen functional groups attached to an aromatic ring is 2. The summed E-state index contributed by atoms with van der Waals surface area (Å²) in [6.45, 7) is 0. The van der Waals surface area contributed by atoms with Crippen LogP contribution < -0.4 is 11.5 Å². The first-order valence-corrected chi connectivity index (χ1v) is 11.6. The van der Waals surface area contributed by atoms with Gasteiger partial charge in [0.25, 0.3) is 0 Å². The molecule has 0 aliphatic rings. The molecule has 0 radical (unpaired) electrons. The molecule has 0 heterocycles. The standard InChI is InChI=1S/C32H28N2/c33-31-17-5-25(6-18-31)21-23-1-9-27(10-2-23)29-13-15-30(16-14-29)28-11-3-24(4-12-28)22-26-7-19-32(34)20-8-26/h1-20H,21-22,33-34H2. The third kappa shape index (κ3) is 5.19. The lowest BCUT2D eigenvalue weighted by atomic mass is 9.97. The fourth-order valence-corrected chi connectivity index (χ4v) is 4.23. The average molecular weight is 441 g/mol. The lowest BCUT2D eigenvalue weighted by Gasteiger charge is -2.08. The van der Waals surface area contributed by atoms with Gasteiger partial charge in [0.1, 0.15) is 0 Å². The van der Waals surface area contributed by atoms with Crippen molar-refractivity contribution in [2.75, 3.05) is 11.5 Å². The van der Waals surface area contributed by atoms with Gasteiger partial charge in [0.05, 0.1) is 0 Å². The van der Waals surface area contributed by atoms with Crippen LogP contribution in [0.25, 0.3) is 22.3 Å². The van der Waals surface area contributed by atoms with E-state index in [0.29, 0.717) is 0 Å². The summed E-state index contributed by atoms with van der Waals surface area (Å²) < 4.78 is 0. The van der Waals surface area contributed by atoms with Gasteiger partial charge in [0.15, 0.2) is 0 Å². The Hall–Kier alpha value is -4.30. The van der Waals surface area contributed by atoms with Crippen molar-refractivity contribution in [3.63, 3.8) is 0 Å². The molecule has 2 heteroatoms. The second-order valence-electron chi connectivity index (χ2n) is 8.81. The van der Waals surface area contributed by atoms with Gasteiger partial charge in [-0.15, -0.1) is 0 Å². The maximum Gasteiger partial charge on any atom is 0.0314 e. The molecule has 0 spiro atoms. The number of nitrogens with two attached hydrogens (primary N) is 2. The molecule has 0 atom stereocenters. The molecule has 0 fully saturated rings. The largest absolute Gasteiger partial charge is 0.399 e. The third-order valence-electron chi connectivity index (χ3n) is 6.24. The van der Waals surface area contributed by atoms with Crippen molar-refractivity contribution in [1.82, 2.24) is 0 Å². The number of anilines is 2. The minimum Gasteiger partial charge on any atom is -0.399 e. The third-order valence-corrected chi connectivity index (χ3v) is 6.24. The van der Waals surface area contributed by atoms with E-state index >= 15 is 0 Å². The minimum atomic E-state index is 0.802. The summed E-state index contributed by atoms with van der Waals surface area (Å²) in [4.78, 5) is 0. The van der Waals surface area contributed by atoms with Crippen LogP contribution in [0.2, 0.25) is 0 Å². The second kappa shape index (κ2) is 9.68. The Balaban J connectivity index is 1.25. The zero-order valence-electron chi connectivity index (χ0n) is 19.1. The Morgan fingerprint density at radius 3 is 0.765 bits per heavy atom. The summed E-state index contributed by atoms with van der Waals surface area (Å²) in [6, 6.07) is 42.6. The van der Waals surface area contributed by atoms with Gasteiger partial charge in [0.2, 0.25) is 0 Å². The Labute approximate surface area is 201 Å². The van der Waals surface area contributed by atoms with Crippen molar-refractivity contribution >= 4 is 11.4 Å². The molecule has 5 rings (SSSR count). The summed E-state index contributed by atoms with van der Waals surface area (Å²) in [5, 5.41) is 0. The van der Waals surface area contributed by atoms with Crippen molar-refractivity contribution in [2.45, 2.75) is 12.8 Å². The highest BCUT2D eigenvalue weighted by Crippen LogP contribution is 2.26. The van der Waals surface area contributed by atoms with Crippen LogP contribution >= 0.6 is 0 Å². The maximum atomic E-state index is 5.79. The molecule has 0 saturated heterocycles. The van der Waals surface area contributed by atoms with Gasteiger partial charge in [-0.25, -0.2) is 0 Å². The van der Waals surface area contributed by atoms with Gasteiger partial charge >= 0.3 is 0 Å². The van der Waals surface area contributed by atoms with E-state index in [1.807, 2.05) is 24.3 Å². The highest BCUT2D eigenvalue weighted by molar-refractivity contribution is 5.70. The van der Waals surface area contributed by atoms with E-state index in [0.717, 1.165) is 24.2 Å². The van der Waals surface area contributed by atoms with E-state index in [2.05, 4.69) is 97.1 Å². The zero-order chi connectivity index (χ0) is 23.3. The van der Waals surface area contributed by atoms with Gasteiger partial charge in [-0.1, -0.05) is 97.1 Å². The van der Waals surface area contributed by atoms with Crippen molar-refractivity contribution in [3.8, 4) is 22.3 Å². The van der Waals surface area contributed by atoms with Gasteiger partial charge in [-0.2, -0.15) is 0 Å². The van der Waals surface area contributed by atoms with Crippen molar-refractivity contribution in [2.24, 2.45) is 0 Å². The van der Waals surface area contributed by atoms with Crippen LogP contribution in [0.4, 0.5) is 11.4 Å². The lowest BCUT2D eigenvalue weighted by Crippen LogP contribution is -1.90. The second-order valence-corrected chi connectivity index (χ2v) is 8.81. The van der Waals surface area contributed by atoms with Crippen LogP contribution in [0.15, 0.2) is 121 Å². The molecule has 0 aromatic heterocycles. The summed E-state index contributed by atoms with van der Waals surface area (Å²) in [7, 11) is 0.